The van der Waals surface area contributed by atoms with Crippen molar-refractivity contribution >= 4 is 59.9 Å². The number of thiazole rings is 1. The molecule has 0 fully saturated rings. The number of ether oxygens (including phenoxy) is 1. The third-order valence-electron chi connectivity index (χ3n) is 3.06. The quantitative estimate of drug-likeness (QED) is 0.690. The molecule has 24 heavy (non-hydrogen) atoms. The van der Waals surface area contributed by atoms with E-state index in [1.54, 1.807) is 6.92 Å². The lowest BCUT2D eigenvalue weighted by atomic mass is 10.3. The Bertz CT molecular complexity index is 1070. The molecule has 0 bridgehead atoms. The molecular formula is C13H11ClFN3O4S2. The van der Waals surface area contributed by atoms with E-state index in [0.717, 1.165) is 23.7 Å². The maximum Gasteiger partial charge on any atom is 0.360 e. The van der Waals surface area contributed by atoms with E-state index in [2.05, 4.69) is 9.71 Å². The Balaban J connectivity index is 2.36. The van der Waals surface area contributed by atoms with Crippen LogP contribution >= 0.6 is 22.9 Å². The molecule has 0 radical (unpaired) electrons. The molecule has 0 aliphatic carbocycles. The first-order chi connectivity index (χ1) is 11.2. The number of benzene rings is 1. The number of anilines is 1. The van der Waals surface area contributed by atoms with Gasteiger partial charge in [0.2, 0.25) is 10.0 Å². The summed E-state index contributed by atoms with van der Waals surface area (Å²) < 4.78 is 45.9. The molecule has 7 nitrogen and oxygen atoms in total. The number of fused-ring (bicyclic) bond motifs is 3. The molecule has 0 unspecified atom stereocenters. The van der Waals surface area contributed by atoms with Crippen LogP contribution in [0.1, 0.15) is 17.4 Å². The maximum absolute atomic E-state index is 13.6. The first-order valence-corrected chi connectivity index (χ1v) is 9.75. The Hall–Kier alpha value is -1.91. The van der Waals surface area contributed by atoms with Crippen LogP contribution in [0.2, 0.25) is 5.02 Å². The number of halogens is 2. The average Bonchev–Trinajstić information content (AvgIpc) is 2.99. The normalized spacial score (nSPS) is 12.0. The molecule has 0 spiro atoms. The highest BCUT2D eigenvalue weighted by molar-refractivity contribution is 7.92. The van der Waals surface area contributed by atoms with Crippen molar-refractivity contribution < 1.29 is 22.3 Å². The predicted octanol–water partition coefficient (Wildman–Crippen LogP) is 2.89. The third-order valence-corrected chi connectivity index (χ3v) is 5.18. The number of nitrogens with one attached hydrogen (secondary N) is 1. The number of carbonyl (C=O) groups is 1. The number of carbonyl (C=O) groups excluding carboxylic acids is 1. The summed E-state index contributed by atoms with van der Waals surface area (Å²) in [6, 6.07) is 2.59. The summed E-state index contributed by atoms with van der Waals surface area (Å²) in [7, 11) is -3.70. The van der Waals surface area contributed by atoms with Crippen molar-refractivity contribution in [3.8, 4) is 0 Å². The van der Waals surface area contributed by atoms with Gasteiger partial charge in [-0.25, -0.2) is 22.6 Å². The van der Waals surface area contributed by atoms with Gasteiger partial charge in [-0.05, 0) is 19.1 Å². The third kappa shape index (κ3) is 2.80. The number of esters is 1. The van der Waals surface area contributed by atoms with Gasteiger partial charge in [-0.15, -0.1) is 0 Å². The van der Waals surface area contributed by atoms with E-state index in [-0.39, 0.29) is 28.1 Å². The smallest absolute Gasteiger partial charge is 0.360 e. The fourth-order valence-corrected chi connectivity index (χ4v) is 4.06. The van der Waals surface area contributed by atoms with Crippen LogP contribution in [0.15, 0.2) is 12.1 Å². The van der Waals surface area contributed by atoms with E-state index in [4.69, 9.17) is 16.3 Å². The Kier molecular flexibility index (Phi) is 4.14. The van der Waals surface area contributed by atoms with Gasteiger partial charge in [-0.3, -0.25) is 9.12 Å². The molecule has 2 aromatic heterocycles. The van der Waals surface area contributed by atoms with E-state index >= 15 is 0 Å². The SMILES string of the molecule is CCOC(=O)c1nc2sc3c(Cl)c(F)ccc3n2c1NS(C)(=O)=O. The van der Waals surface area contributed by atoms with Crippen LogP contribution in [0.3, 0.4) is 0 Å². The number of imidazole rings is 1. The molecule has 1 N–H and O–H groups in total. The lowest BCUT2D eigenvalue weighted by Crippen LogP contribution is -2.15. The number of aromatic nitrogens is 2. The van der Waals surface area contributed by atoms with E-state index in [0.29, 0.717) is 10.2 Å². The van der Waals surface area contributed by atoms with Gasteiger partial charge in [-0.1, -0.05) is 22.9 Å². The highest BCUT2D eigenvalue weighted by atomic mass is 35.5. The van der Waals surface area contributed by atoms with Crippen LogP contribution in [0, 0.1) is 5.82 Å². The van der Waals surface area contributed by atoms with Crippen LogP contribution < -0.4 is 4.72 Å². The summed E-state index contributed by atoms with van der Waals surface area (Å²) in [5.74, 6) is -1.43. The van der Waals surface area contributed by atoms with Gasteiger partial charge in [0.05, 0.1) is 28.1 Å². The summed E-state index contributed by atoms with van der Waals surface area (Å²) >= 11 is 6.99. The summed E-state index contributed by atoms with van der Waals surface area (Å²) in [5.41, 5.74) is 0.256. The van der Waals surface area contributed by atoms with Crippen LogP contribution in [-0.4, -0.2) is 36.6 Å². The zero-order chi connectivity index (χ0) is 17.6. The molecule has 2 heterocycles. The van der Waals surface area contributed by atoms with Gasteiger partial charge in [0.15, 0.2) is 16.5 Å². The second-order valence-corrected chi connectivity index (χ2v) is 7.94. The second kappa shape index (κ2) is 5.87. The van der Waals surface area contributed by atoms with Gasteiger partial charge in [0.1, 0.15) is 5.82 Å². The topological polar surface area (TPSA) is 89.8 Å². The zero-order valence-electron chi connectivity index (χ0n) is 12.5. The highest BCUT2D eigenvalue weighted by Crippen LogP contribution is 2.37. The summed E-state index contributed by atoms with van der Waals surface area (Å²) in [5, 5.41) is -0.0917. The predicted molar refractivity (Wildman–Crippen MR) is 90.0 cm³/mol. The molecule has 0 amide bonds. The van der Waals surface area contributed by atoms with E-state index < -0.39 is 21.8 Å². The molecule has 1 aromatic carbocycles. The van der Waals surface area contributed by atoms with E-state index in [1.165, 1.54) is 10.5 Å². The van der Waals surface area contributed by atoms with Crippen LogP contribution in [0.25, 0.3) is 15.2 Å². The van der Waals surface area contributed by atoms with Crippen LogP contribution in [0.4, 0.5) is 10.2 Å². The van der Waals surface area contributed by atoms with Crippen LogP contribution in [0.5, 0.6) is 0 Å². The first kappa shape index (κ1) is 16.9. The van der Waals surface area contributed by atoms with Gasteiger partial charge >= 0.3 is 5.97 Å². The molecule has 3 rings (SSSR count). The number of hydrogen-bond acceptors (Lipinski definition) is 6. The molecule has 128 valence electrons. The van der Waals surface area contributed by atoms with Crippen molar-refractivity contribution in [1.82, 2.24) is 9.38 Å². The van der Waals surface area contributed by atoms with Crippen molar-refractivity contribution in [2.45, 2.75) is 6.92 Å². The number of rotatable bonds is 4. The fourth-order valence-electron chi connectivity index (χ4n) is 2.19. The van der Waals surface area contributed by atoms with Gasteiger partial charge in [-0.2, -0.15) is 0 Å². The van der Waals surface area contributed by atoms with Gasteiger partial charge in [0, 0.05) is 0 Å². The van der Waals surface area contributed by atoms with Gasteiger partial charge in [0.25, 0.3) is 0 Å². The highest BCUT2D eigenvalue weighted by Gasteiger charge is 2.26. The van der Waals surface area contributed by atoms with Crippen molar-refractivity contribution in [3.63, 3.8) is 0 Å². The summed E-state index contributed by atoms with van der Waals surface area (Å²) in [6.45, 7) is 1.73. The minimum absolute atomic E-state index is 0.0696. The maximum atomic E-state index is 13.6. The molecule has 0 saturated heterocycles. The average molecular weight is 392 g/mol. The molecule has 0 aliphatic heterocycles. The van der Waals surface area contributed by atoms with Gasteiger partial charge < -0.3 is 4.74 Å². The van der Waals surface area contributed by atoms with E-state index in [9.17, 15) is 17.6 Å². The Morgan fingerprint density at radius 3 is 2.83 bits per heavy atom. The molecule has 11 heteroatoms. The Morgan fingerprint density at radius 1 is 1.50 bits per heavy atom. The number of hydrogen-bond donors (Lipinski definition) is 1. The van der Waals surface area contributed by atoms with Crippen LogP contribution in [-0.2, 0) is 14.8 Å². The number of nitrogens with zero attached hydrogens (tertiary/aromatic N) is 2. The second-order valence-electron chi connectivity index (χ2n) is 4.83. The van der Waals surface area contributed by atoms with Crippen molar-refractivity contribution in [1.29, 1.82) is 0 Å². The lowest BCUT2D eigenvalue weighted by Gasteiger charge is -2.06. The summed E-state index contributed by atoms with van der Waals surface area (Å²) in [6.07, 6.45) is 0.947. The molecule has 3 aromatic rings. The van der Waals surface area contributed by atoms with Crippen molar-refractivity contribution in [2.75, 3.05) is 17.6 Å². The van der Waals surface area contributed by atoms with Crippen molar-refractivity contribution in [2.24, 2.45) is 0 Å². The first-order valence-electron chi connectivity index (χ1n) is 6.66. The van der Waals surface area contributed by atoms with Crippen molar-refractivity contribution in [3.05, 3.63) is 28.7 Å². The molecule has 0 aliphatic rings. The Morgan fingerprint density at radius 2 is 2.21 bits per heavy atom. The fraction of sp³-hybridized carbons (Fsp3) is 0.231. The Labute approximate surface area is 145 Å². The largest absolute Gasteiger partial charge is 0.461 e. The number of sulfonamides is 1. The minimum atomic E-state index is -3.70. The standard InChI is InChI=1S/C13H11ClFN3O4S2/c1-3-22-12(19)9-11(17-24(2,20)21)18-7-5-4-6(15)8(14)10(7)23-13(18)16-9/h4-5,17H,3H2,1-2H3. The lowest BCUT2D eigenvalue weighted by molar-refractivity contribution is 0.0521. The minimum Gasteiger partial charge on any atom is -0.461 e. The summed E-state index contributed by atoms with van der Waals surface area (Å²) in [4.78, 5) is 16.5. The molecular weight excluding hydrogens is 381 g/mol. The molecule has 0 atom stereocenters. The zero-order valence-corrected chi connectivity index (χ0v) is 14.9. The monoisotopic (exact) mass is 391 g/mol. The molecule has 0 saturated carbocycles. The van der Waals surface area contributed by atoms with E-state index in [1.807, 2.05) is 0 Å².